The Hall–Kier alpha value is -0.960. The van der Waals surface area contributed by atoms with Crippen molar-refractivity contribution in [3.05, 3.63) is 16.4 Å². The van der Waals surface area contributed by atoms with Gasteiger partial charge in [-0.05, 0) is 13.8 Å². The smallest absolute Gasteiger partial charge is 0.392 e. The molecule has 1 N–H and O–H groups in total. The van der Waals surface area contributed by atoms with Gasteiger partial charge in [-0.25, -0.2) is 0 Å². The number of nitrogens with zero attached hydrogens (tertiary/aromatic N) is 2. The van der Waals surface area contributed by atoms with E-state index < -0.39 is 30.8 Å². The molecule has 0 aliphatic rings. The standard InChI is InChI=1S/C11H13ClF6N2O/c1-3-20-6(8(12)5(2)19-20)4-7(21)9(10(13,14)15)11(16,17)18/h7,9,21H,3-4H2,1-2H3. The molecule has 0 bridgehead atoms. The van der Waals surface area contributed by atoms with E-state index in [1.165, 1.54) is 11.6 Å². The molecule has 0 aliphatic heterocycles. The Kier molecular flexibility index (Phi) is 5.20. The fourth-order valence-electron chi connectivity index (χ4n) is 2.00. The largest absolute Gasteiger partial charge is 0.403 e. The molecule has 1 aromatic heterocycles. The number of halogens is 7. The molecule has 0 aromatic carbocycles. The number of hydrogen-bond donors (Lipinski definition) is 1. The Morgan fingerprint density at radius 1 is 1.19 bits per heavy atom. The van der Waals surface area contributed by atoms with Crippen molar-refractivity contribution in [2.45, 2.75) is 45.3 Å². The first kappa shape index (κ1) is 18.1. The Bertz CT molecular complexity index is 482. The van der Waals surface area contributed by atoms with Gasteiger partial charge in [-0.3, -0.25) is 4.68 Å². The summed E-state index contributed by atoms with van der Waals surface area (Å²) in [4.78, 5) is 0. The lowest BCUT2D eigenvalue weighted by molar-refractivity contribution is -0.305. The molecule has 10 heteroatoms. The molecule has 1 atom stereocenters. The number of rotatable bonds is 4. The molecule has 3 nitrogen and oxygen atoms in total. The summed E-state index contributed by atoms with van der Waals surface area (Å²) in [6.07, 6.45) is -14.8. The molecule has 21 heavy (non-hydrogen) atoms. The second-order valence-corrected chi connectivity index (χ2v) is 4.87. The quantitative estimate of drug-likeness (QED) is 0.853. The third-order valence-electron chi connectivity index (χ3n) is 2.95. The molecule has 0 spiro atoms. The zero-order valence-corrected chi connectivity index (χ0v) is 11.8. The lowest BCUT2D eigenvalue weighted by atomic mass is 9.97. The number of alkyl halides is 6. The van der Waals surface area contributed by atoms with Crippen LogP contribution >= 0.6 is 11.6 Å². The van der Waals surface area contributed by atoms with Crippen LogP contribution in [0.4, 0.5) is 26.3 Å². The number of aryl methyl sites for hydroxylation is 2. The summed E-state index contributed by atoms with van der Waals surface area (Å²) in [6, 6.07) is 0. The van der Waals surface area contributed by atoms with Gasteiger partial charge in [0.2, 0.25) is 0 Å². The lowest BCUT2D eigenvalue weighted by Gasteiger charge is -2.27. The highest BCUT2D eigenvalue weighted by Crippen LogP contribution is 2.42. The highest BCUT2D eigenvalue weighted by atomic mass is 35.5. The van der Waals surface area contributed by atoms with E-state index in [0.717, 1.165) is 0 Å². The maximum absolute atomic E-state index is 12.5. The fourth-order valence-corrected chi connectivity index (χ4v) is 2.21. The van der Waals surface area contributed by atoms with Crippen molar-refractivity contribution in [3.8, 4) is 0 Å². The summed E-state index contributed by atoms with van der Waals surface area (Å²) in [5.41, 5.74) is 0.221. The van der Waals surface area contributed by atoms with Gasteiger partial charge in [0, 0.05) is 13.0 Å². The highest BCUT2D eigenvalue weighted by Gasteiger charge is 2.60. The molecule has 1 aromatic rings. The topological polar surface area (TPSA) is 38.0 Å². The van der Waals surface area contributed by atoms with Crippen molar-refractivity contribution in [2.24, 2.45) is 5.92 Å². The maximum atomic E-state index is 12.5. The van der Waals surface area contributed by atoms with E-state index in [4.69, 9.17) is 11.6 Å². The molecule has 0 radical (unpaired) electrons. The van der Waals surface area contributed by atoms with Crippen LogP contribution in [0.15, 0.2) is 0 Å². The van der Waals surface area contributed by atoms with Crippen LogP contribution in [-0.2, 0) is 13.0 Å². The van der Waals surface area contributed by atoms with E-state index in [9.17, 15) is 31.4 Å². The summed E-state index contributed by atoms with van der Waals surface area (Å²) in [6.45, 7) is 3.28. The van der Waals surface area contributed by atoms with Gasteiger partial charge in [0.1, 0.15) is 0 Å². The average Bonchev–Trinajstić information content (AvgIpc) is 2.52. The van der Waals surface area contributed by atoms with Crippen molar-refractivity contribution in [2.75, 3.05) is 0 Å². The van der Waals surface area contributed by atoms with Crippen molar-refractivity contribution in [1.29, 1.82) is 0 Å². The van der Waals surface area contributed by atoms with Crippen LogP contribution < -0.4 is 0 Å². The summed E-state index contributed by atoms with van der Waals surface area (Å²) >= 11 is 5.81. The molecule has 0 aliphatic carbocycles. The molecule has 0 saturated heterocycles. The predicted octanol–water partition coefficient (Wildman–Crippen LogP) is 3.51. The molecular formula is C11H13ClF6N2O. The van der Waals surface area contributed by atoms with E-state index in [0.29, 0.717) is 0 Å². The van der Waals surface area contributed by atoms with Crippen molar-refractivity contribution in [3.63, 3.8) is 0 Å². The van der Waals surface area contributed by atoms with Gasteiger partial charge < -0.3 is 5.11 Å². The summed E-state index contributed by atoms with van der Waals surface area (Å²) in [7, 11) is 0. The number of aromatic nitrogens is 2. The third kappa shape index (κ3) is 4.03. The van der Waals surface area contributed by atoms with Crippen LogP contribution in [0.25, 0.3) is 0 Å². The first-order chi connectivity index (χ1) is 9.39. The van der Waals surface area contributed by atoms with Crippen molar-refractivity contribution in [1.82, 2.24) is 9.78 Å². The second-order valence-electron chi connectivity index (χ2n) is 4.49. The molecular weight excluding hydrogens is 326 g/mol. The predicted molar refractivity (Wildman–Crippen MR) is 63.0 cm³/mol. The fraction of sp³-hybridized carbons (Fsp3) is 0.727. The van der Waals surface area contributed by atoms with E-state index >= 15 is 0 Å². The maximum Gasteiger partial charge on any atom is 0.403 e. The normalized spacial score (nSPS) is 14.8. The second kappa shape index (κ2) is 6.04. The van der Waals surface area contributed by atoms with Crippen molar-refractivity contribution >= 4 is 11.6 Å². The lowest BCUT2D eigenvalue weighted by Crippen LogP contribution is -2.45. The molecule has 0 saturated carbocycles. The Morgan fingerprint density at radius 2 is 1.67 bits per heavy atom. The first-order valence-electron chi connectivity index (χ1n) is 5.92. The van der Waals surface area contributed by atoms with E-state index in [1.54, 1.807) is 6.92 Å². The van der Waals surface area contributed by atoms with Gasteiger partial charge in [-0.15, -0.1) is 0 Å². The SMILES string of the molecule is CCn1nc(C)c(Cl)c1CC(O)C(C(F)(F)F)C(F)(F)F. The monoisotopic (exact) mass is 338 g/mol. The van der Waals surface area contributed by atoms with Gasteiger partial charge in [-0.2, -0.15) is 31.4 Å². The molecule has 1 unspecified atom stereocenters. The Labute approximate surface area is 121 Å². The van der Waals surface area contributed by atoms with Crippen LogP contribution in [0.3, 0.4) is 0 Å². The molecule has 0 amide bonds. The van der Waals surface area contributed by atoms with E-state index in [-0.39, 0.29) is 23.0 Å². The zero-order chi connectivity index (χ0) is 16.6. The van der Waals surface area contributed by atoms with Gasteiger partial charge in [0.15, 0.2) is 5.92 Å². The minimum Gasteiger partial charge on any atom is -0.392 e. The van der Waals surface area contributed by atoms with Gasteiger partial charge >= 0.3 is 12.4 Å². The average molecular weight is 339 g/mol. The minimum atomic E-state index is -5.60. The summed E-state index contributed by atoms with van der Waals surface area (Å²) in [5.74, 6) is -3.83. The Balaban J connectivity index is 3.11. The minimum absolute atomic E-state index is 0.0426. The molecule has 0 fully saturated rings. The third-order valence-corrected chi connectivity index (χ3v) is 3.44. The van der Waals surface area contributed by atoms with E-state index in [1.807, 2.05) is 0 Å². The van der Waals surface area contributed by atoms with Gasteiger partial charge in [0.05, 0.1) is 22.5 Å². The number of aliphatic hydroxyl groups excluding tert-OH is 1. The number of aliphatic hydroxyl groups is 1. The number of hydrogen-bond acceptors (Lipinski definition) is 2. The molecule has 122 valence electrons. The first-order valence-corrected chi connectivity index (χ1v) is 6.30. The van der Waals surface area contributed by atoms with Gasteiger partial charge in [0.25, 0.3) is 0 Å². The highest BCUT2D eigenvalue weighted by molar-refractivity contribution is 6.31. The van der Waals surface area contributed by atoms with E-state index in [2.05, 4.69) is 5.10 Å². The molecule has 1 rings (SSSR count). The summed E-state index contributed by atoms with van der Waals surface area (Å²) in [5, 5.41) is 13.3. The zero-order valence-electron chi connectivity index (χ0n) is 11.1. The summed E-state index contributed by atoms with van der Waals surface area (Å²) < 4.78 is 76.3. The van der Waals surface area contributed by atoms with Crippen LogP contribution in [0.2, 0.25) is 5.02 Å². The van der Waals surface area contributed by atoms with Crippen LogP contribution in [-0.4, -0.2) is 33.3 Å². The Morgan fingerprint density at radius 3 is 2.05 bits per heavy atom. The molecule has 1 heterocycles. The van der Waals surface area contributed by atoms with Crippen LogP contribution in [0, 0.1) is 12.8 Å². The van der Waals surface area contributed by atoms with Crippen LogP contribution in [0.5, 0.6) is 0 Å². The van der Waals surface area contributed by atoms with Crippen molar-refractivity contribution < 1.29 is 31.4 Å². The van der Waals surface area contributed by atoms with Crippen LogP contribution in [0.1, 0.15) is 18.3 Å². The van der Waals surface area contributed by atoms with Gasteiger partial charge in [-0.1, -0.05) is 11.6 Å².